The highest BCUT2D eigenvalue weighted by molar-refractivity contribution is 7.84. The van der Waals surface area contributed by atoms with E-state index in [-0.39, 0.29) is 12.3 Å². The van der Waals surface area contributed by atoms with Crippen molar-refractivity contribution in [3.63, 3.8) is 0 Å². The number of hydrogen-bond acceptors (Lipinski definition) is 4. The van der Waals surface area contributed by atoms with Crippen LogP contribution in [0.25, 0.3) is 0 Å². The second kappa shape index (κ2) is 16.6. The summed E-state index contributed by atoms with van der Waals surface area (Å²) in [5, 5.41) is 0. The highest BCUT2D eigenvalue weighted by atomic mass is 32.2. The number of unbranched alkanes of at least 4 members (excludes halogenated alkanes) is 13. The van der Waals surface area contributed by atoms with Crippen molar-refractivity contribution in [2.24, 2.45) is 0 Å². The molecular weight excluding hydrogens is 338 g/mol. The number of rotatable bonds is 19. The summed E-state index contributed by atoms with van der Waals surface area (Å²) in [4.78, 5) is 10.3. The third-order valence-corrected chi connectivity index (χ3v) is 5.12. The summed E-state index contributed by atoms with van der Waals surface area (Å²) in [6.07, 6.45) is 17.8. The maximum Gasteiger partial charge on any atom is 0.360 e. The van der Waals surface area contributed by atoms with E-state index in [0.29, 0.717) is 12.7 Å². The molecule has 0 aliphatic heterocycles. The molecule has 0 aliphatic carbocycles. The Morgan fingerprint density at radius 1 is 0.840 bits per heavy atom. The molecule has 0 aromatic heterocycles. The molecule has 0 atom stereocenters. The monoisotopic (exact) mass is 375 g/mol. The molecule has 0 rings (SSSR count). The number of carbonyl (C=O) groups excluding carboxylic acids is 1. The van der Waals surface area contributed by atoms with Crippen LogP contribution in [0.3, 0.4) is 0 Å². The van der Waals surface area contributed by atoms with Gasteiger partial charge in [0.15, 0.2) is 6.29 Å². The molecule has 0 aromatic carbocycles. The first kappa shape index (κ1) is 24.1. The quantitative estimate of drug-likeness (QED) is 0.195. The maximum absolute atomic E-state index is 11.4. The Hall–Kier alpha value is -0.880. The summed E-state index contributed by atoms with van der Waals surface area (Å²) in [6, 6.07) is 0. The van der Waals surface area contributed by atoms with E-state index in [0.717, 1.165) is 12.8 Å². The number of allylic oxidation sites excluding steroid dienone is 1. The molecule has 0 unspecified atom stereocenters. The predicted octanol–water partition coefficient (Wildman–Crippen LogP) is 5.03. The second-order valence-electron chi connectivity index (χ2n) is 6.62. The smallest absolute Gasteiger partial charge is 0.296 e. The molecule has 0 aliphatic rings. The molecule has 0 heterocycles. The standard InChI is InChI=1S/C19H37NO4S/c1-3-4-5-6-7-8-9-10-11-12-13-14-15-16-17-24-25(22,23)20-19(2)18-21/h18,20H,2-17H2,1H3. The first-order valence-corrected chi connectivity index (χ1v) is 11.2. The lowest BCUT2D eigenvalue weighted by Gasteiger charge is -2.06. The fraction of sp³-hybridized carbons (Fsp3) is 0.842. The van der Waals surface area contributed by atoms with Crippen molar-refractivity contribution in [1.82, 2.24) is 4.72 Å². The van der Waals surface area contributed by atoms with Gasteiger partial charge in [-0.15, -0.1) is 0 Å². The van der Waals surface area contributed by atoms with Crippen LogP contribution in [0.4, 0.5) is 0 Å². The highest BCUT2D eigenvalue weighted by Gasteiger charge is 2.10. The van der Waals surface area contributed by atoms with E-state index in [1.807, 2.05) is 4.72 Å². The molecule has 0 saturated heterocycles. The Morgan fingerprint density at radius 2 is 1.24 bits per heavy atom. The predicted molar refractivity (Wildman–Crippen MR) is 104 cm³/mol. The van der Waals surface area contributed by atoms with E-state index in [9.17, 15) is 13.2 Å². The largest absolute Gasteiger partial charge is 0.360 e. The Morgan fingerprint density at radius 3 is 1.64 bits per heavy atom. The summed E-state index contributed by atoms with van der Waals surface area (Å²) in [6.45, 7) is 5.63. The zero-order valence-electron chi connectivity index (χ0n) is 15.9. The van der Waals surface area contributed by atoms with E-state index in [2.05, 4.69) is 13.5 Å². The van der Waals surface area contributed by atoms with Gasteiger partial charge in [0.2, 0.25) is 0 Å². The Bertz CT molecular complexity index is 435. The summed E-state index contributed by atoms with van der Waals surface area (Å²) >= 11 is 0. The first-order valence-electron chi connectivity index (χ1n) is 9.83. The van der Waals surface area contributed by atoms with Crippen LogP contribution in [0.15, 0.2) is 12.3 Å². The molecule has 1 N–H and O–H groups in total. The van der Waals surface area contributed by atoms with Gasteiger partial charge >= 0.3 is 10.3 Å². The molecule has 0 aromatic rings. The van der Waals surface area contributed by atoms with Gasteiger partial charge in [0.05, 0.1) is 12.3 Å². The van der Waals surface area contributed by atoms with Gasteiger partial charge in [0.1, 0.15) is 0 Å². The molecule has 0 saturated carbocycles. The van der Waals surface area contributed by atoms with Gasteiger partial charge in [-0.05, 0) is 6.42 Å². The van der Waals surface area contributed by atoms with E-state index >= 15 is 0 Å². The Kier molecular flexibility index (Phi) is 16.0. The molecule has 0 spiro atoms. The SMILES string of the molecule is C=C(C=O)NS(=O)(=O)OCCCCCCCCCCCCCCCC. The van der Waals surface area contributed by atoms with E-state index in [4.69, 9.17) is 4.18 Å². The normalized spacial score (nSPS) is 11.4. The minimum absolute atomic E-state index is 0.138. The third kappa shape index (κ3) is 17.7. The fourth-order valence-electron chi connectivity index (χ4n) is 2.68. The zero-order chi connectivity index (χ0) is 18.8. The van der Waals surface area contributed by atoms with Crippen LogP contribution in [0.2, 0.25) is 0 Å². The van der Waals surface area contributed by atoms with Crippen LogP contribution < -0.4 is 4.72 Å². The van der Waals surface area contributed by atoms with Crippen molar-refractivity contribution < 1.29 is 17.4 Å². The van der Waals surface area contributed by atoms with Crippen molar-refractivity contribution in [3.8, 4) is 0 Å². The van der Waals surface area contributed by atoms with Crippen molar-refractivity contribution in [2.45, 2.75) is 96.8 Å². The number of hydrogen-bond donors (Lipinski definition) is 1. The Balaban J connectivity index is 3.29. The van der Waals surface area contributed by atoms with Crippen LogP contribution in [0, 0.1) is 0 Å². The minimum atomic E-state index is -3.89. The number of aldehydes is 1. The van der Waals surface area contributed by atoms with Gasteiger partial charge in [-0.2, -0.15) is 8.42 Å². The average molecular weight is 376 g/mol. The summed E-state index contributed by atoms with van der Waals surface area (Å²) in [5.74, 6) is 0. The first-order chi connectivity index (χ1) is 12.0. The van der Waals surface area contributed by atoms with Crippen LogP contribution >= 0.6 is 0 Å². The van der Waals surface area contributed by atoms with Crippen molar-refractivity contribution in [2.75, 3.05) is 6.61 Å². The van der Waals surface area contributed by atoms with Crippen LogP contribution in [-0.4, -0.2) is 21.3 Å². The lowest BCUT2D eigenvalue weighted by Crippen LogP contribution is -2.25. The van der Waals surface area contributed by atoms with Crippen molar-refractivity contribution in [1.29, 1.82) is 0 Å². The molecular formula is C19H37NO4S. The van der Waals surface area contributed by atoms with Gasteiger partial charge in [-0.3, -0.25) is 13.7 Å². The summed E-state index contributed by atoms with van der Waals surface area (Å²) < 4.78 is 29.5. The topological polar surface area (TPSA) is 72.5 Å². The van der Waals surface area contributed by atoms with E-state index in [1.54, 1.807) is 0 Å². The average Bonchev–Trinajstić information content (AvgIpc) is 2.57. The molecule has 148 valence electrons. The summed E-state index contributed by atoms with van der Waals surface area (Å²) in [7, 11) is -3.89. The molecule has 0 bridgehead atoms. The van der Waals surface area contributed by atoms with E-state index in [1.165, 1.54) is 70.6 Å². The van der Waals surface area contributed by atoms with E-state index < -0.39 is 10.3 Å². The van der Waals surface area contributed by atoms with Crippen LogP contribution in [0.5, 0.6) is 0 Å². The molecule has 6 heteroatoms. The van der Waals surface area contributed by atoms with Gasteiger partial charge in [0, 0.05) is 0 Å². The Labute approximate surface area is 154 Å². The van der Waals surface area contributed by atoms with Crippen LogP contribution in [0.1, 0.15) is 96.8 Å². The summed E-state index contributed by atoms with van der Waals surface area (Å²) in [5.41, 5.74) is -0.221. The maximum atomic E-state index is 11.4. The number of carbonyl (C=O) groups is 1. The fourth-order valence-corrected chi connectivity index (χ4v) is 3.44. The molecule has 0 amide bonds. The lowest BCUT2D eigenvalue weighted by atomic mass is 10.0. The lowest BCUT2D eigenvalue weighted by molar-refractivity contribution is -0.105. The van der Waals surface area contributed by atoms with Gasteiger partial charge < -0.3 is 0 Å². The molecule has 25 heavy (non-hydrogen) atoms. The van der Waals surface area contributed by atoms with Gasteiger partial charge in [-0.25, -0.2) is 0 Å². The minimum Gasteiger partial charge on any atom is -0.296 e. The molecule has 5 nitrogen and oxygen atoms in total. The van der Waals surface area contributed by atoms with Gasteiger partial charge in [-0.1, -0.05) is 97.0 Å². The van der Waals surface area contributed by atoms with Gasteiger partial charge in [0.25, 0.3) is 0 Å². The second-order valence-corrected chi connectivity index (χ2v) is 7.97. The molecule has 0 radical (unpaired) electrons. The molecule has 0 fully saturated rings. The highest BCUT2D eigenvalue weighted by Crippen LogP contribution is 2.13. The zero-order valence-corrected chi connectivity index (χ0v) is 16.7. The van der Waals surface area contributed by atoms with Crippen molar-refractivity contribution in [3.05, 3.63) is 12.3 Å². The van der Waals surface area contributed by atoms with Crippen LogP contribution in [-0.2, 0) is 19.3 Å². The van der Waals surface area contributed by atoms with Crippen molar-refractivity contribution >= 4 is 16.6 Å². The third-order valence-electron chi connectivity index (χ3n) is 4.13. The number of nitrogens with one attached hydrogen (secondary N) is 1.